The van der Waals surface area contributed by atoms with E-state index in [0.717, 1.165) is 35.4 Å². The molecule has 0 bridgehead atoms. The van der Waals surface area contributed by atoms with Gasteiger partial charge in [0.25, 0.3) is 0 Å². The highest BCUT2D eigenvalue weighted by Gasteiger charge is 2.10. The standard InChI is InChI=1S/C22H22N4O2/c1-16-24-19-10-5-6-11-20(19)26(16)13-7-12-23-21(27)14-18-15-28-22(25-18)17-8-3-2-4-9-17/h2-6,8-11,15H,7,12-14H2,1H3,(H,23,27). The van der Waals surface area contributed by atoms with Gasteiger partial charge in [-0.15, -0.1) is 0 Å². The quantitative estimate of drug-likeness (QED) is 0.500. The second-order valence-electron chi connectivity index (χ2n) is 6.69. The zero-order valence-electron chi connectivity index (χ0n) is 15.8. The van der Waals surface area contributed by atoms with Crippen LogP contribution in [0, 0.1) is 6.92 Å². The Bertz CT molecular complexity index is 1080. The number of amides is 1. The Morgan fingerprint density at radius 1 is 1.07 bits per heavy atom. The van der Waals surface area contributed by atoms with Gasteiger partial charge in [0.15, 0.2) is 0 Å². The number of aryl methyl sites for hydroxylation is 2. The number of hydrogen-bond acceptors (Lipinski definition) is 4. The van der Waals surface area contributed by atoms with Crippen LogP contribution in [0.5, 0.6) is 0 Å². The topological polar surface area (TPSA) is 73.0 Å². The second-order valence-corrected chi connectivity index (χ2v) is 6.69. The molecule has 0 spiro atoms. The van der Waals surface area contributed by atoms with Crippen LogP contribution in [0.3, 0.4) is 0 Å². The van der Waals surface area contributed by atoms with Gasteiger partial charge in [-0.2, -0.15) is 0 Å². The van der Waals surface area contributed by atoms with E-state index in [1.165, 1.54) is 0 Å². The lowest BCUT2D eigenvalue weighted by molar-refractivity contribution is -0.120. The smallest absolute Gasteiger partial charge is 0.226 e. The predicted octanol–water partition coefficient (Wildman–Crippen LogP) is 3.75. The zero-order chi connectivity index (χ0) is 19.3. The number of nitrogens with zero attached hydrogens (tertiary/aromatic N) is 3. The highest BCUT2D eigenvalue weighted by atomic mass is 16.3. The summed E-state index contributed by atoms with van der Waals surface area (Å²) in [5.74, 6) is 1.47. The highest BCUT2D eigenvalue weighted by molar-refractivity contribution is 5.78. The molecule has 0 unspecified atom stereocenters. The molecule has 0 saturated heterocycles. The molecule has 2 aromatic heterocycles. The number of aromatic nitrogens is 3. The Balaban J connectivity index is 1.27. The number of imidazole rings is 1. The minimum Gasteiger partial charge on any atom is -0.444 e. The van der Waals surface area contributed by atoms with E-state index in [2.05, 4.69) is 25.9 Å². The lowest BCUT2D eigenvalue weighted by Gasteiger charge is -2.08. The van der Waals surface area contributed by atoms with Crippen molar-refractivity contribution >= 4 is 16.9 Å². The number of carbonyl (C=O) groups excluding carboxylic acids is 1. The maximum atomic E-state index is 12.2. The van der Waals surface area contributed by atoms with Crippen LogP contribution in [0.15, 0.2) is 65.3 Å². The summed E-state index contributed by atoms with van der Waals surface area (Å²) in [5, 5.41) is 2.96. The van der Waals surface area contributed by atoms with E-state index >= 15 is 0 Å². The Morgan fingerprint density at radius 2 is 1.86 bits per heavy atom. The lowest BCUT2D eigenvalue weighted by atomic mass is 10.2. The number of nitrogens with one attached hydrogen (secondary N) is 1. The number of hydrogen-bond donors (Lipinski definition) is 1. The summed E-state index contributed by atoms with van der Waals surface area (Å²) in [5.41, 5.74) is 3.66. The van der Waals surface area contributed by atoms with Crippen LogP contribution in [-0.4, -0.2) is 27.0 Å². The molecule has 28 heavy (non-hydrogen) atoms. The van der Waals surface area contributed by atoms with Crippen molar-refractivity contribution in [3.8, 4) is 11.5 Å². The average molecular weight is 374 g/mol. The third kappa shape index (κ3) is 3.96. The van der Waals surface area contributed by atoms with E-state index in [1.54, 1.807) is 6.26 Å². The van der Waals surface area contributed by atoms with Crippen LogP contribution in [0.4, 0.5) is 0 Å². The van der Waals surface area contributed by atoms with Crippen molar-refractivity contribution in [3.63, 3.8) is 0 Å². The molecule has 1 N–H and O–H groups in total. The van der Waals surface area contributed by atoms with Crippen LogP contribution < -0.4 is 5.32 Å². The molecule has 142 valence electrons. The summed E-state index contributed by atoms with van der Waals surface area (Å²) in [4.78, 5) is 21.1. The minimum absolute atomic E-state index is 0.0554. The molecule has 2 aromatic carbocycles. The molecule has 6 nitrogen and oxygen atoms in total. The van der Waals surface area contributed by atoms with Gasteiger partial charge in [0.2, 0.25) is 11.8 Å². The first-order valence-corrected chi connectivity index (χ1v) is 9.39. The molecular formula is C22H22N4O2. The summed E-state index contributed by atoms with van der Waals surface area (Å²) in [6, 6.07) is 17.7. The first-order valence-electron chi connectivity index (χ1n) is 9.39. The fourth-order valence-corrected chi connectivity index (χ4v) is 3.27. The first-order chi connectivity index (χ1) is 13.7. The highest BCUT2D eigenvalue weighted by Crippen LogP contribution is 2.18. The number of fused-ring (bicyclic) bond motifs is 1. The van der Waals surface area contributed by atoms with E-state index < -0.39 is 0 Å². The van der Waals surface area contributed by atoms with Gasteiger partial charge >= 0.3 is 0 Å². The van der Waals surface area contributed by atoms with Crippen molar-refractivity contribution in [2.75, 3.05) is 6.54 Å². The minimum atomic E-state index is -0.0554. The van der Waals surface area contributed by atoms with E-state index in [0.29, 0.717) is 18.1 Å². The summed E-state index contributed by atoms with van der Waals surface area (Å²) in [6.45, 7) is 3.43. The molecule has 4 aromatic rings. The van der Waals surface area contributed by atoms with Gasteiger partial charge in [0.05, 0.1) is 23.1 Å². The molecule has 0 aliphatic carbocycles. The van der Waals surface area contributed by atoms with Crippen LogP contribution in [0.1, 0.15) is 17.9 Å². The molecular weight excluding hydrogens is 352 g/mol. The van der Waals surface area contributed by atoms with Crippen molar-refractivity contribution in [2.24, 2.45) is 0 Å². The number of carbonyl (C=O) groups is 1. The van der Waals surface area contributed by atoms with Gasteiger partial charge in [-0.05, 0) is 37.6 Å². The number of benzene rings is 2. The van der Waals surface area contributed by atoms with E-state index in [4.69, 9.17) is 4.42 Å². The van der Waals surface area contributed by atoms with Gasteiger partial charge in [0.1, 0.15) is 12.1 Å². The first kappa shape index (κ1) is 18.0. The van der Waals surface area contributed by atoms with Crippen LogP contribution in [0.25, 0.3) is 22.5 Å². The number of para-hydroxylation sites is 2. The fourth-order valence-electron chi connectivity index (χ4n) is 3.27. The van der Waals surface area contributed by atoms with E-state index in [-0.39, 0.29) is 12.3 Å². The summed E-state index contributed by atoms with van der Waals surface area (Å²) in [6.07, 6.45) is 2.59. The van der Waals surface area contributed by atoms with Crippen molar-refractivity contribution in [3.05, 3.63) is 72.4 Å². The number of oxazole rings is 1. The van der Waals surface area contributed by atoms with Crippen LogP contribution >= 0.6 is 0 Å². The van der Waals surface area contributed by atoms with Crippen molar-refractivity contribution in [1.82, 2.24) is 19.9 Å². The summed E-state index contributed by atoms with van der Waals surface area (Å²) in [7, 11) is 0. The molecule has 4 rings (SSSR count). The summed E-state index contributed by atoms with van der Waals surface area (Å²) >= 11 is 0. The Labute approximate surface area is 163 Å². The largest absolute Gasteiger partial charge is 0.444 e. The molecule has 0 fully saturated rings. The molecule has 1 amide bonds. The Kier molecular flexibility index (Phi) is 5.19. The average Bonchev–Trinajstić information content (AvgIpc) is 3.30. The maximum Gasteiger partial charge on any atom is 0.226 e. The number of rotatable bonds is 7. The van der Waals surface area contributed by atoms with Gasteiger partial charge < -0.3 is 14.3 Å². The Morgan fingerprint density at radius 3 is 2.71 bits per heavy atom. The monoisotopic (exact) mass is 374 g/mol. The maximum absolute atomic E-state index is 12.2. The fraction of sp³-hybridized carbons (Fsp3) is 0.227. The molecule has 0 aliphatic rings. The van der Waals surface area contributed by atoms with Gasteiger partial charge in [0, 0.05) is 18.7 Å². The lowest BCUT2D eigenvalue weighted by Crippen LogP contribution is -2.27. The molecule has 6 heteroatoms. The van der Waals surface area contributed by atoms with Crippen molar-refractivity contribution < 1.29 is 9.21 Å². The Hall–Kier alpha value is -3.41. The molecule has 2 heterocycles. The second kappa shape index (κ2) is 8.08. The van der Waals surface area contributed by atoms with Crippen LogP contribution in [-0.2, 0) is 17.8 Å². The van der Waals surface area contributed by atoms with Crippen molar-refractivity contribution in [1.29, 1.82) is 0 Å². The predicted molar refractivity (Wildman–Crippen MR) is 108 cm³/mol. The SMILES string of the molecule is Cc1nc2ccccc2n1CCCNC(=O)Cc1coc(-c2ccccc2)n1. The van der Waals surface area contributed by atoms with Crippen LogP contribution in [0.2, 0.25) is 0 Å². The van der Waals surface area contributed by atoms with Crippen molar-refractivity contribution in [2.45, 2.75) is 26.3 Å². The normalized spacial score (nSPS) is 11.0. The molecule has 0 aliphatic heterocycles. The molecule has 0 radical (unpaired) electrons. The third-order valence-corrected chi connectivity index (χ3v) is 4.64. The van der Waals surface area contributed by atoms with Gasteiger partial charge in [-0.1, -0.05) is 30.3 Å². The van der Waals surface area contributed by atoms with Gasteiger partial charge in [-0.3, -0.25) is 4.79 Å². The molecule has 0 saturated carbocycles. The van der Waals surface area contributed by atoms with E-state index in [9.17, 15) is 4.79 Å². The van der Waals surface area contributed by atoms with Gasteiger partial charge in [-0.25, -0.2) is 9.97 Å². The van der Waals surface area contributed by atoms with E-state index in [1.807, 2.05) is 55.5 Å². The zero-order valence-corrected chi connectivity index (χ0v) is 15.8. The third-order valence-electron chi connectivity index (χ3n) is 4.64. The summed E-state index contributed by atoms with van der Waals surface area (Å²) < 4.78 is 7.66. The molecule has 0 atom stereocenters.